The minimum atomic E-state index is 0.132. The average molecular weight is 162 g/mol. The Morgan fingerprint density at radius 1 is 1.33 bits per heavy atom. The summed E-state index contributed by atoms with van der Waals surface area (Å²) in [6.07, 6.45) is 1.85. The van der Waals surface area contributed by atoms with Crippen molar-refractivity contribution in [2.45, 2.75) is 20.3 Å². The molecule has 0 saturated carbocycles. The van der Waals surface area contributed by atoms with E-state index >= 15 is 0 Å². The van der Waals surface area contributed by atoms with Crippen molar-refractivity contribution in [3.8, 4) is 0 Å². The van der Waals surface area contributed by atoms with Gasteiger partial charge in [0.2, 0.25) is 0 Å². The van der Waals surface area contributed by atoms with Gasteiger partial charge in [0.05, 0.1) is 0 Å². The van der Waals surface area contributed by atoms with E-state index in [9.17, 15) is 4.79 Å². The molecule has 0 heterocycles. The van der Waals surface area contributed by atoms with E-state index in [0.29, 0.717) is 0 Å². The number of rotatable bonds is 3. The van der Waals surface area contributed by atoms with Gasteiger partial charge < -0.3 is 4.79 Å². The van der Waals surface area contributed by atoms with Gasteiger partial charge in [-0.25, -0.2) is 0 Å². The molecule has 0 fully saturated rings. The van der Waals surface area contributed by atoms with Gasteiger partial charge in [-0.15, -0.1) is 0 Å². The van der Waals surface area contributed by atoms with Gasteiger partial charge in [0.1, 0.15) is 6.29 Å². The Kier molecular flexibility index (Phi) is 3.03. The molecule has 0 radical (unpaired) electrons. The maximum atomic E-state index is 10.4. The van der Waals surface area contributed by atoms with Crippen molar-refractivity contribution >= 4 is 6.29 Å². The van der Waals surface area contributed by atoms with Gasteiger partial charge >= 0.3 is 0 Å². The first-order chi connectivity index (χ1) is 5.72. The van der Waals surface area contributed by atoms with Crippen LogP contribution in [0.3, 0.4) is 0 Å². The zero-order valence-corrected chi connectivity index (χ0v) is 7.58. The van der Waals surface area contributed by atoms with E-state index < -0.39 is 0 Å². The maximum Gasteiger partial charge on any atom is 0.123 e. The molecule has 0 bridgehead atoms. The number of benzene rings is 1. The second-order valence-corrected chi connectivity index (χ2v) is 3.30. The van der Waals surface area contributed by atoms with Gasteiger partial charge in [0, 0.05) is 5.92 Å². The highest BCUT2D eigenvalue weighted by Crippen LogP contribution is 2.07. The van der Waals surface area contributed by atoms with E-state index in [1.807, 2.05) is 6.92 Å². The number of aldehydes is 1. The molecule has 64 valence electrons. The normalized spacial score (nSPS) is 12.5. The third kappa shape index (κ3) is 2.50. The van der Waals surface area contributed by atoms with Crippen LogP contribution in [0.15, 0.2) is 24.3 Å². The third-order valence-electron chi connectivity index (χ3n) is 1.91. The fraction of sp³-hybridized carbons (Fsp3) is 0.364. The average Bonchev–Trinajstić information content (AvgIpc) is 2.09. The Bertz CT molecular complexity index is 248. The predicted octanol–water partition coefficient (Wildman–Crippen LogP) is 2.37. The lowest BCUT2D eigenvalue weighted by molar-refractivity contribution is -0.110. The number of carbonyl (C=O) groups is 1. The van der Waals surface area contributed by atoms with Crippen LogP contribution in [0.5, 0.6) is 0 Å². The summed E-state index contributed by atoms with van der Waals surface area (Å²) in [5, 5.41) is 0. The fourth-order valence-corrected chi connectivity index (χ4v) is 1.14. The van der Waals surface area contributed by atoms with Crippen molar-refractivity contribution in [2.75, 3.05) is 0 Å². The first-order valence-electron chi connectivity index (χ1n) is 4.23. The van der Waals surface area contributed by atoms with Crippen molar-refractivity contribution in [3.05, 3.63) is 35.4 Å². The first-order valence-corrected chi connectivity index (χ1v) is 4.23. The van der Waals surface area contributed by atoms with Crippen molar-refractivity contribution in [2.24, 2.45) is 5.92 Å². The fourth-order valence-electron chi connectivity index (χ4n) is 1.14. The summed E-state index contributed by atoms with van der Waals surface area (Å²) in [6, 6.07) is 8.31. The molecule has 0 saturated heterocycles. The standard InChI is InChI=1S/C11H14O/c1-9-3-5-11(6-4-9)7-10(2)8-12/h3-6,8,10H,7H2,1-2H3/t10-/m0/s1. The Labute approximate surface area is 73.4 Å². The Hall–Kier alpha value is -1.11. The summed E-state index contributed by atoms with van der Waals surface area (Å²) < 4.78 is 0. The molecular formula is C11H14O. The maximum absolute atomic E-state index is 10.4. The van der Waals surface area contributed by atoms with Crippen LogP contribution >= 0.6 is 0 Å². The second-order valence-electron chi connectivity index (χ2n) is 3.30. The van der Waals surface area contributed by atoms with Crippen LogP contribution in [0, 0.1) is 12.8 Å². The molecule has 0 aliphatic heterocycles. The molecule has 0 aliphatic rings. The van der Waals surface area contributed by atoms with Crippen LogP contribution in [-0.2, 0) is 11.2 Å². The topological polar surface area (TPSA) is 17.1 Å². The molecule has 1 aromatic rings. The van der Waals surface area contributed by atoms with E-state index in [2.05, 4.69) is 31.2 Å². The van der Waals surface area contributed by atoms with Gasteiger partial charge in [-0.2, -0.15) is 0 Å². The zero-order valence-electron chi connectivity index (χ0n) is 7.58. The summed E-state index contributed by atoms with van der Waals surface area (Å²) in [5.41, 5.74) is 2.50. The van der Waals surface area contributed by atoms with Crippen molar-refractivity contribution in [1.29, 1.82) is 0 Å². The largest absolute Gasteiger partial charge is 0.303 e. The smallest absolute Gasteiger partial charge is 0.123 e. The SMILES string of the molecule is Cc1ccc(C[C@H](C)C=O)cc1. The van der Waals surface area contributed by atoms with Crippen LogP contribution in [0.1, 0.15) is 18.1 Å². The molecule has 1 nitrogen and oxygen atoms in total. The first kappa shape index (κ1) is 8.98. The van der Waals surface area contributed by atoms with Gasteiger partial charge in [-0.05, 0) is 18.9 Å². The summed E-state index contributed by atoms with van der Waals surface area (Å²) in [5.74, 6) is 0.132. The molecular weight excluding hydrogens is 148 g/mol. The van der Waals surface area contributed by atoms with Gasteiger partial charge in [-0.1, -0.05) is 36.8 Å². The zero-order chi connectivity index (χ0) is 8.97. The minimum absolute atomic E-state index is 0.132. The Morgan fingerprint density at radius 3 is 2.42 bits per heavy atom. The van der Waals surface area contributed by atoms with Crippen LogP contribution in [0.2, 0.25) is 0 Å². The van der Waals surface area contributed by atoms with Crippen LogP contribution in [-0.4, -0.2) is 6.29 Å². The predicted molar refractivity (Wildman–Crippen MR) is 50.1 cm³/mol. The third-order valence-corrected chi connectivity index (χ3v) is 1.91. The van der Waals surface area contributed by atoms with Gasteiger partial charge in [0.15, 0.2) is 0 Å². The van der Waals surface area contributed by atoms with E-state index in [1.165, 1.54) is 11.1 Å². The molecule has 1 atom stereocenters. The molecule has 1 rings (SSSR count). The van der Waals surface area contributed by atoms with Gasteiger partial charge in [0.25, 0.3) is 0 Å². The molecule has 0 aromatic heterocycles. The van der Waals surface area contributed by atoms with Crippen molar-refractivity contribution in [1.82, 2.24) is 0 Å². The summed E-state index contributed by atoms with van der Waals surface area (Å²) >= 11 is 0. The van der Waals surface area contributed by atoms with E-state index in [1.54, 1.807) is 0 Å². The van der Waals surface area contributed by atoms with E-state index in [-0.39, 0.29) is 5.92 Å². The lowest BCUT2D eigenvalue weighted by Crippen LogP contribution is -2.00. The number of hydrogen-bond donors (Lipinski definition) is 0. The van der Waals surface area contributed by atoms with E-state index in [4.69, 9.17) is 0 Å². The van der Waals surface area contributed by atoms with Gasteiger partial charge in [-0.3, -0.25) is 0 Å². The lowest BCUT2D eigenvalue weighted by atomic mass is 10.0. The van der Waals surface area contributed by atoms with Crippen molar-refractivity contribution in [3.63, 3.8) is 0 Å². The Morgan fingerprint density at radius 2 is 1.92 bits per heavy atom. The van der Waals surface area contributed by atoms with Crippen LogP contribution in [0.25, 0.3) is 0 Å². The Balaban J connectivity index is 2.64. The highest BCUT2D eigenvalue weighted by atomic mass is 16.1. The van der Waals surface area contributed by atoms with Crippen LogP contribution in [0.4, 0.5) is 0 Å². The summed E-state index contributed by atoms with van der Waals surface area (Å²) in [6.45, 7) is 4.00. The number of aryl methyl sites for hydroxylation is 1. The number of carbonyl (C=O) groups excluding carboxylic acids is 1. The molecule has 0 aliphatic carbocycles. The molecule has 12 heavy (non-hydrogen) atoms. The highest BCUT2D eigenvalue weighted by Gasteiger charge is 2.00. The highest BCUT2D eigenvalue weighted by molar-refractivity contribution is 5.53. The second kappa shape index (κ2) is 4.05. The summed E-state index contributed by atoms with van der Waals surface area (Å²) in [4.78, 5) is 10.4. The molecule has 0 N–H and O–H groups in total. The quantitative estimate of drug-likeness (QED) is 0.623. The molecule has 0 spiro atoms. The molecule has 0 unspecified atom stereocenters. The van der Waals surface area contributed by atoms with Crippen LogP contribution < -0.4 is 0 Å². The van der Waals surface area contributed by atoms with E-state index in [0.717, 1.165) is 12.7 Å². The minimum Gasteiger partial charge on any atom is -0.303 e. The van der Waals surface area contributed by atoms with Crippen molar-refractivity contribution < 1.29 is 4.79 Å². The molecule has 1 aromatic carbocycles. The lowest BCUT2D eigenvalue weighted by Gasteiger charge is -2.03. The molecule has 1 heteroatoms. The summed E-state index contributed by atoms with van der Waals surface area (Å²) in [7, 11) is 0. The number of hydrogen-bond acceptors (Lipinski definition) is 1. The molecule has 0 amide bonds. The monoisotopic (exact) mass is 162 g/mol.